The van der Waals surface area contributed by atoms with Crippen molar-refractivity contribution in [3.05, 3.63) is 141 Å². The molecule has 0 bridgehead atoms. The number of aromatic carboxylic acids is 1. The first-order valence-corrected chi connectivity index (χ1v) is 26.0. The largest absolute Gasteiger partial charge is 0.477 e. The fourth-order valence-electron chi connectivity index (χ4n) is 8.52. The second-order valence-corrected chi connectivity index (χ2v) is 20.2. The van der Waals surface area contributed by atoms with E-state index in [0.29, 0.717) is 55.2 Å². The molecule has 4 N–H and O–H groups in total. The summed E-state index contributed by atoms with van der Waals surface area (Å²) in [5.41, 5.74) is 3.22. The van der Waals surface area contributed by atoms with E-state index < -0.39 is 46.9 Å². The number of nitrogens with one attached hydrogen (secondary N) is 2. The van der Waals surface area contributed by atoms with Gasteiger partial charge in [-0.25, -0.2) is 18.8 Å². The third kappa shape index (κ3) is 17.1. The van der Waals surface area contributed by atoms with Gasteiger partial charge in [0.05, 0.1) is 23.9 Å². The summed E-state index contributed by atoms with van der Waals surface area (Å²) >= 11 is 0. The van der Waals surface area contributed by atoms with Crippen LogP contribution in [0.1, 0.15) is 101 Å². The Morgan fingerprint density at radius 1 is 0.688 bits per heavy atom. The summed E-state index contributed by atoms with van der Waals surface area (Å²) in [6, 6.07) is 25.0. The van der Waals surface area contributed by atoms with E-state index in [4.69, 9.17) is 14.6 Å². The number of rotatable bonds is 22. The normalized spacial score (nSPS) is 13.9. The van der Waals surface area contributed by atoms with Crippen LogP contribution in [0.4, 0.5) is 25.4 Å². The number of fused-ring (bicyclic) bond motifs is 1. The first kappa shape index (κ1) is 60.1. The van der Waals surface area contributed by atoms with Crippen LogP contribution in [0.3, 0.4) is 0 Å². The average Bonchev–Trinajstić information content (AvgIpc) is 3.44. The van der Waals surface area contributed by atoms with Crippen LogP contribution in [-0.4, -0.2) is 93.3 Å². The molecule has 0 aliphatic carbocycles. The van der Waals surface area contributed by atoms with Crippen LogP contribution in [0.5, 0.6) is 0 Å². The molecule has 412 valence electrons. The van der Waals surface area contributed by atoms with Crippen molar-refractivity contribution in [2.45, 2.75) is 107 Å². The standard InChI is InChI=1S/C41H46FN5O9.C18H26O3/c1-5-45-22-31(39(51)52)37(49)30-20-32(42)34(21-33(30)45)46-15-17-47(18-16-46)41(54)56-24-28-11-13-29(14-12-28)43-38(50)26(4)19-35(48)36(25(2)3)44-40(53)55-23-27-9-7-6-8-10-27;1-12(2)14(4)18(21)9-13(3)17(20)10-15-5-7-16(11-19)8-6-15/h6-14,20-22,25-26,36H,5,15-19,23-24H2,1-4H3,(H,43,50)(H,44,53)(H,51,52);5-8,12-14,19H,9-11H2,1-4H3/t26-,36+;13-,14+/m00/s1. The SMILES string of the molecule is CC(C)[C@@H](C)C(=O)C[C@H](C)C(=O)Cc1ccc(CO)cc1.CCn1cc(C(=O)O)c(=O)c2cc(F)c(N3CCN(C(=O)OCc4ccc(NC(=O)[C@@H](C)CC(=O)[C@H](NC(=O)OCc5ccccc5)C(C)C)cc4)CC3)cc21. The topological polar surface area (TPSA) is 231 Å². The predicted molar refractivity (Wildman–Crippen MR) is 291 cm³/mol. The van der Waals surface area contributed by atoms with Crippen molar-refractivity contribution < 1.29 is 57.6 Å². The minimum Gasteiger partial charge on any atom is -0.477 e. The molecule has 77 heavy (non-hydrogen) atoms. The third-order valence-electron chi connectivity index (χ3n) is 13.8. The van der Waals surface area contributed by atoms with Crippen molar-refractivity contribution in [3.63, 3.8) is 0 Å². The highest BCUT2D eigenvalue weighted by molar-refractivity contribution is 5.97. The van der Waals surface area contributed by atoms with Gasteiger partial charge in [0.15, 0.2) is 5.78 Å². The van der Waals surface area contributed by atoms with E-state index in [1.54, 1.807) is 61.4 Å². The molecular formula is C59H72FN5O12. The lowest BCUT2D eigenvalue weighted by molar-refractivity contribution is -0.129. The summed E-state index contributed by atoms with van der Waals surface area (Å²) < 4.78 is 27.6. The first-order valence-electron chi connectivity index (χ1n) is 26.0. The number of Topliss-reactive ketones (excluding diaryl/α,β-unsaturated/α-hetero) is 3. The molecule has 1 aliphatic heterocycles. The number of hydrogen-bond acceptors (Lipinski definition) is 12. The molecule has 1 aromatic heterocycles. The molecule has 0 radical (unpaired) electrons. The first-order chi connectivity index (χ1) is 36.6. The number of carboxylic acid groups (broad SMARTS) is 1. The number of pyridine rings is 1. The molecule has 4 atom stereocenters. The van der Waals surface area contributed by atoms with Gasteiger partial charge in [0.1, 0.15) is 36.2 Å². The number of carbonyl (C=O) groups is 7. The van der Waals surface area contributed by atoms with Crippen LogP contribution in [0, 0.1) is 35.4 Å². The number of aliphatic hydroxyl groups is 1. The molecular weight excluding hydrogens is 990 g/mol. The number of aromatic nitrogens is 1. The quantitative estimate of drug-likeness (QED) is 0.0508. The number of carboxylic acids is 1. The molecule has 5 aromatic rings. The molecule has 4 aromatic carbocycles. The molecule has 0 unspecified atom stereocenters. The van der Waals surface area contributed by atoms with Gasteiger partial charge in [0, 0.05) is 87.0 Å². The number of aryl methyl sites for hydroxylation is 1. The maximum atomic E-state index is 15.3. The van der Waals surface area contributed by atoms with E-state index in [-0.39, 0.29) is 91.4 Å². The van der Waals surface area contributed by atoms with E-state index in [1.807, 2.05) is 82.3 Å². The minimum absolute atomic E-state index is 0.00378. The zero-order valence-corrected chi connectivity index (χ0v) is 45.2. The summed E-state index contributed by atoms with van der Waals surface area (Å²) in [6.07, 6.45) is 0.579. The summed E-state index contributed by atoms with van der Waals surface area (Å²) in [4.78, 5) is 103. The summed E-state index contributed by atoms with van der Waals surface area (Å²) in [7, 11) is 0. The number of nitrogens with zero attached hydrogens (tertiary/aromatic N) is 3. The highest BCUT2D eigenvalue weighted by atomic mass is 19.1. The molecule has 0 saturated carbocycles. The second kappa shape index (κ2) is 28.4. The van der Waals surface area contributed by atoms with Gasteiger partial charge in [-0.3, -0.25) is 24.0 Å². The van der Waals surface area contributed by atoms with Gasteiger partial charge in [0.2, 0.25) is 11.3 Å². The second-order valence-electron chi connectivity index (χ2n) is 20.2. The fraction of sp³-hybridized carbons (Fsp3) is 0.424. The third-order valence-corrected chi connectivity index (χ3v) is 13.8. The van der Waals surface area contributed by atoms with Crippen LogP contribution < -0.4 is 21.0 Å². The minimum atomic E-state index is -1.38. The highest BCUT2D eigenvalue weighted by Crippen LogP contribution is 2.27. The fourth-order valence-corrected chi connectivity index (χ4v) is 8.52. The van der Waals surface area contributed by atoms with Crippen molar-refractivity contribution in [1.82, 2.24) is 14.8 Å². The molecule has 3 amide bonds. The Balaban J connectivity index is 0.000000436. The maximum absolute atomic E-state index is 15.3. The summed E-state index contributed by atoms with van der Waals surface area (Å²) in [6.45, 7) is 16.4. The lowest BCUT2D eigenvalue weighted by Gasteiger charge is -2.35. The van der Waals surface area contributed by atoms with E-state index in [9.17, 15) is 43.5 Å². The molecule has 1 fully saturated rings. The molecule has 17 nitrogen and oxygen atoms in total. The van der Waals surface area contributed by atoms with Crippen LogP contribution in [-0.2, 0) is 61.4 Å². The molecule has 0 spiro atoms. The molecule has 1 aliphatic rings. The smallest absolute Gasteiger partial charge is 0.410 e. The Kier molecular flexibility index (Phi) is 22.2. The highest BCUT2D eigenvalue weighted by Gasteiger charge is 2.29. The van der Waals surface area contributed by atoms with Gasteiger partial charge >= 0.3 is 18.2 Å². The number of anilines is 2. The zero-order valence-electron chi connectivity index (χ0n) is 45.2. The number of carbonyl (C=O) groups excluding carboxylic acids is 6. The van der Waals surface area contributed by atoms with E-state index in [2.05, 4.69) is 10.6 Å². The van der Waals surface area contributed by atoms with Gasteiger partial charge < -0.3 is 44.7 Å². The summed E-state index contributed by atoms with van der Waals surface area (Å²) in [5, 5.41) is 23.8. The van der Waals surface area contributed by atoms with E-state index in [0.717, 1.165) is 22.8 Å². The molecule has 18 heteroatoms. The number of hydrogen-bond donors (Lipinski definition) is 4. The number of alkyl carbamates (subject to hydrolysis) is 1. The number of ether oxygens (including phenoxy) is 2. The Bertz CT molecular complexity index is 2920. The number of ketones is 3. The van der Waals surface area contributed by atoms with Crippen LogP contribution >= 0.6 is 0 Å². The van der Waals surface area contributed by atoms with Crippen molar-refractivity contribution in [1.29, 1.82) is 0 Å². The maximum Gasteiger partial charge on any atom is 0.410 e. The Morgan fingerprint density at radius 2 is 1.27 bits per heavy atom. The predicted octanol–water partition coefficient (Wildman–Crippen LogP) is 8.98. The number of piperazine rings is 1. The lowest BCUT2D eigenvalue weighted by atomic mass is 9.86. The molecule has 1 saturated heterocycles. The number of benzene rings is 4. The van der Waals surface area contributed by atoms with Crippen molar-refractivity contribution in [3.8, 4) is 0 Å². The Hall–Kier alpha value is -7.73. The summed E-state index contributed by atoms with van der Waals surface area (Å²) in [5.74, 6) is -3.28. The lowest BCUT2D eigenvalue weighted by Crippen LogP contribution is -2.49. The van der Waals surface area contributed by atoms with Gasteiger partial charge in [-0.15, -0.1) is 0 Å². The van der Waals surface area contributed by atoms with Crippen molar-refractivity contribution >= 4 is 63.7 Å². The Labute approximate surface area is 448 Å². The van der Waals surface area contributed by atoms with Crippen molar-refractivity contribution in [2.75, 3.05) is 36.4 Å². The molecule has 2 heterocycles. The van der Waals surface area contributed by atoms with Crippen LogP contribution in [0.2, 0.25) is 0 Å². The van der Waals surface area contributed by atoms with Crippen LogP contribution in [0.25, 0.3) is 10.9 Å². The van der Waals surface area contributed by atoms with Crippen molar-refractivity contribution in [2.24, 2.45) is 29.6 Å². The van der Waals surface area contributed by atoms with E-state index >= 15 is 4.39 Å². The Morgan fingerprint density at radius 3 is 1.86 bits per heavy atom. The van der Waals surface area contributed by atoms with E-state index in [1.165, 1.54) is 17.2 Å². The van der Waals surface area contributed by atoms with Crippen LogP contribution in [0.15, 0.2) is 102 Å². The molecule has 6 rings (SSSR count). The monoisotopic (exact) mass is 1060 g/mol. The van der Waals surface area contributed by atoms with Gasteiger partial charge in [-0.2, -0.15) is 0 Å². The number of aliphatic hydroxyl groups excluding tert-OH is 1. The van der Waals surface area contributed by atoms with Gasteiger partial charge in [0.25, 0.3) is 0 Å². The number of amides is 3. The van der Waals surface area contributed by atoms with Gasteiger partial charge in [-0.05, 0) is 65.3 Å². The average molecular weight is 1060 g/mol. The zero-order chi connectivity index (χ0) is 56.5. The number of halogens is 1. The van der Waals surface area contributed by atoms with Gasteiger partial charge in [-0.1, -0.05) is 115 Å².